The Morgan fingerprint density at radius 1 is 1.50 bits per heavy atom. The Bertz CT molecular complexity index is 538. The SMILES string of the molecule is CC(C)Cn1c([C@@H]2CCNC2)nc2ccncc21. The first kappa shape index (κ1) is 11.7. The predicted molar refractivity (Wildman–Crippen MR) is 72.6 cm³/mol. The predicted octanol–water partition coefficient (Wildman–Crippen LogP) is 2.16. The molecule has 2 aromatic heterocycles. The summed E-state index contributed by atoms with van der Waals surface area (Å²) in [6.07, 6.45) is 4.96. The third-order valence-electron chi connectivity index (χ3n) is 3.55. The molecule has 0 aromatic carbocycles. The number of rotatable bonds is 3. The van der Waals surface area contributed by atoms with Gasteiger partial charge in [0.05, 0.1) is 17.2 Å². The average Bonchev–Trinajstić information content (AvgIpc) is 2.96. The summed E-state index contributed by atoms with van der Waals surface area (Å²) in [5.41, 5.74) is 2.25. The minimum absolute atomic E-state index is 0.552. The largest absolute Gasteiger partial charge is 0.326 e. The minimum Gasteiger partial charge on any atom is -0.326 e. The second-order valence-electron chi connectivity index (χ2n) is 5.53. The van der Waals surface area contributed by atoms with E-state index >= 15 is 0 Å². The van der Waals surface area contributed by atoms with E-state index in [0.29, 0.717) is 11.8 Å². The highest BCUT2D eigenvalue weighted by Crippen LogP contribution is 2.26. The molecule has 0 radical (unpaired) electrons. The molecule has 1 fully saturated rings. The van der Waals surface area contributed by atoms with Crippen LogP contribution in [0.25, 0.3) is 11.0 Å². The van der Waals surface area contributed by atoms with Crippen LogP contribution in [0, 0.1) is 5.92 Å². The zero-order valence-electron chi connectivity index (χ0n) is 11.1. The van der Waals surface area contributed by atoms with E-state index in [4.69, 9.17) is 4.98 Å². The number of imidazole rings is 1. The second-order valence-corrected chi connectivity index (χ2v) is 5.53. The molecule has 0 aliphatic carbocycles. The molecule has 3 rings (SSSR count). The van der Waals surface area contributed by atoms with Crippen molar-refractivity contribution in [2.75, 3.05) is 13.1 Å². The van der Waals surface area contributed by atoms with Gasteiger partial charge in [0.15, 0.2) is 0 Å². The number of nitrogens with zero attached hydrogens (tertiary/aromatic N) is 3. The van der Waals surface area contributed by atoms with E-state index in [1.54, 1.807) is 0 Å². The van der Waals surface area contributed by atoms with Gasteiger partial charge in [-0.15, -0.1) is 0 Å². The monoisotopic (exact) mass is 244 g/mol. The Morgan fingerprint density at radius 2 is 2.39 bits per heavy atom. The Balaban J connectivity index is 2.10. The van der Waals surface area contributed by atoms with Crippen molar-refractivity contribution in [3.8, 4) is 0 Å². The molecular formula is C14H20N4. The molecule has 18 heavy (non-hydrogen) atoms. The molecule has 3 heterocycles. The number of aromatic nitrogens is 3. The van der Waals surface area contributed by atoms with E-state index in [1.165, 1.54) is 17.8 Å². The Morgan fingerprint density at radius 3 is 3.11 bits per heavy atom. The number of hydrogen-bond donors (Lipinski definition) is 1. The molecular weight excluding hydrogens is 224 g/mol. The van der Waals surface area contributed by atoms with E-state index in [1.807, 2.05) is 18.5 Å². The molecule has 1 atom stereocenters. The van der Waals surface area contributed by atoms with Crippen LogP contribution in [0.2, 0.25) is 0 Å². The van der Waals surface area contributed by atoms with Gasteiger partial charge < -0.3 is 9.88 Å². The van der Waals surface area contributed by atoms with Gasteiger partial charge in [0, 0.05) is 25.2 Å². The number of nitrogens with one attached hydrogen (secondary N) is 1. The van der Waals surface area contributed by atoms with Crippen molar-refractivity contribution in [2.45, 2.75) is 32.7 Å². The highest BCUT2D eigenvalue weighted by atomic mass is 15.1. The third kappa shape index (κ3) is 2.01. The standard InChI is InChI=1S/C14H20N4/c1-10(2)9-18-13-8-16-6-4-12(13)17-14(18)11-3-5-15-7-11/h4,6,8,10-11,15H,3,5,7,9H2,1-2H3/t11-/m1/s1. The second kappa shape index (κ2) is 4.69. The highest BCUT2D eigenvalue weighted by Gasteiger charge is 2.23. The van der Waals surface area contributed by atoms with Gasteiger partial charge in [-0.3, -0.25) is 4.98 Å². The zero-order chi connectivity index (χ0) is 12.5. The first-order valence-electron chi connectivity index (χ1n) is 6.76. The molecule has 0 unspecified atom stereocenters. The van der Waals surface area contributed by atoms with Gasteiger partial charge in [-0.25, -0.2) is 4.98 Å². The Kier molecular flexibility index (Phi) is 3.04. The molecule has 1 N–H and O–H groups in total. The van der Waals surface area contributed by atoms with E-state index < -0.39 is 0 Å². The maximum atomic E-state index is 4.83. The van der Waals surface area contributed by atoms with Gasteiger partial charge in [0.2, 0.25) is 0 Å². The molecule has 1 aliphatic rings. The van der Waals surface area contributed by atoms with Gasteiger partial charge in [-0.05, 0) is 24.9 Å². The lowest BCUT2D eigenvalue weighted by atomic mass is 10.1. The van der Waals surface area contributed by atoms with E-state index in [0.717, 1.165) is 25.2 Å². The van der Waals surface area contributed by atoms with E-state index in [9.17, 15) is 0 Å². The van der Waals surface area contributed by atoms with Crippen molar-refractivity contribution in [2.24, 2.45) is 5.92 Å². The maximum Gasteiger partial charge on any atom is 0.114 e. The van der Waals surface area contributed by atoms with Crippen LogP contribution >= 0.6 is 0 Å². The van der Waals surface area contributed by atoms with Crippen LogP contribution in [-0.2, 0) is 6.54 Å². The zero-order valence-corrected chi connectivity index (χ0v) is 11.1. The van der Waals surface area contributed by atoms with Gasteiger partial charge >= 0.3 is 0 Å². The number of fused-ring (bicyclic) bond motifs is 1. The first-order valence-corrected chi connectivity index (χ1v) is 6.76. The lowest BCUT2D eigenvalue weighted by Crippen LogP contribution is -2.14. The molecule has 1 aliphatic heterocycles. The molecule has 4 heteroatoms. The summed E-state index contributed by atoms with van der Waals surface area (Å²) >= 11 is 0. The normalized spacial score (nSPS) is 20.1. The number of pyridine rings is 1. The molecule has 0 amide bonds. The fraction of sp³-hybridized carbons (Fsp3) is 0.571. The van der Waals surface area contributed by atoms with Crippen molar-refractivity contribution in [3.05, 3.63) is 24.3 Å². The van der Waals surface area contributed by atoms with Crippen molar-refractivity contribution >= 4 is 11.0 Å². The summed E-state index contributed by atoms with van der Waals surface area (Å²) in [5.74, 6) is 2.41. The van der Waals surface area contributed by atoms with Gasteiger partial charge in [0.1, 0.15) is 5.82 Å². The lowest BCUT2D eigenvalue weighted by molar-refractivity contribution is 0.501. The van der Waals surface area contributed by atoms with Crippen LogP contribution in [0.4, 0.5) is 0 Å². The van der Waals surface area contributed by atoms with Crippen LogP contribution in [0.3, 0.4) is 0 Å². The molecule has 0 bridgehead atoms. The van der Waals surface area contributed by atoms with Crippen LogP contribution in [0.5, 0.6) is 0 Å². The molecule has 0 spiro atoms. The van der Waals surface area contributed by atoms with E-state index in [-0.39, 0.29) is 0 Å². The summed E-state index contributed by atoms with van der Waals surface area (Å²) in [4.78, 5) is 9.08. The van der Waals surface area contributed by atoms with Crippen molar-refractivity contribution in [1.29, 1.82) is 0 Å². The topological polar surface area (TPSA) is 42.7 Å². The first-order chi connectivity index (χ1) is 8.75. The summed E-state index contributed by atoms with van der Waals surface area (Å²) in [5, 5.41) is 3.43. The van der Waals surface area contributed by atoms with Crippen LogP contribution in [-0.4, -0.2) is 27.6 Å². The summed E-state index contributed by atoms with van der Waals surface area (Å²) < 4.78 is 2.37. The lowest BCUT2D eigenvalue weighted by Gasteiger charge is -2.14. The number of hydrogen-bond acceptors (Lipinski definition) is 3. The summed E-state index contributed by atoms with van der Waals surface area (Å²) in [6.45, 7) is 7.68. The summed E-state index contributed by atoms with van der Waals surface area (Å²) in [6, 6.07) is 2.01. The molecule has 96 valence electrons. The third-order valence-corrected chi connectivity index (χ3v) is 3.55. The van der Waals surface area contributed by atoms with Gasteiger partial charge in [-0.2, -0.15) is 0 Å². The maximum absolute atomic E-state index is 4.83. The fourth-order valence-electron chi connectivity index (χ4n) is 2.73. The molecule has 1 saturated heterocycles. The van der Waals surface area contributed by atoms with E-state index in [2.05, 4.69) is 28.7 Å². The molecule has 0 saturated carbocycles. The van der Waals surface area contributed by atoms with Crippen LogP contribution in [0.15, 0.2) is 18.5 Å². The minimum atomic E-state index is 0.552. The fourth-order valence-corrected chi connectivity index (χ4v) is 2.73. The van der Waals surface area contributed by atoms with Gasteiger partial charge in [-0.1, -0.05) is 13.8 Å². The Hall–Kier alpha value is -1.42. The van der Waals surface area contributed by atoms with Gasteiger partial charge in [0.25, 0.3) is 0 Å². The molecule has 2 aromatic rings. The summed E-state index contributed by atoms with van der Waals surface area (Å²) in [7, 11) is 0. The Labute approximate surface area is 107 Å². The van der Waals surface area contributed by atoms with Crippen LogP contribution < -0.4 is 5.32 Å². The average molecular weight is 244 g/mol. The quantitative estimate of drug-likeness (QED) is 0.899. The molecule has 4 nitrogen and oxygen atoms in total. The van der Waals surface area contributed by atoms with Crippen molar-refractivity contribution < 1.29 is 0 Å². The van der Waals surface area contributed by atoms with Crippen molar-refractivity contribution in [3.63, 3.8) is 0 Å². The smallest absolute Gasteiger partial charge is 0.114 e. The van der Waals surface area contributed by atoms with Crippen molar-refractivity contribution in [1.82, 2.24) is 19.9 Å². The highest BCUT2D eigenvalue weighted by molar-refractivity contribution is 5.74. The van der Waals surface area contributed by atoms with Crippen LogP contribution in [0.1, 0.15) is 32.0 Å².